The van der Waals surface area contributed by atoms with Gasteiger partial charge in [0.05, 0.1) is 5.56 Å². The number of nitrogens with zero attached hydrogens (tertiary/aromatic N) is 3. The molecule has 2 unspecified atom stereocenters. The van der Waals surface area contributed by atoms with Gasteiger partial charge in [-0.1, -0.05) is 13.8 Å². The van der Waals surface area contributed by atoms with Crippen LogP contribution in [-0.4, -0.2) is 39.4 Å². The average Bonchev–Trinajstić information content (AvgIpc) is 2.37. The van der Waals surface area contributed by atoms with Crippen molar-refractivity contribution in [3.63, 3.8) is 0 Å². The molecule has 1 fully saturated rings. The normalized spacial score (nSPS) is 23.5. The van der Waals surface area contributed by atoms with E-state index in [1.54, 1.807) is 12.1 Å². The molecule has 0 N–H and O–H groups in total. The van der Waals surface area contributed by atoms with Crippen molar-refractivity contribution in [2.45, 2.75) is 24.3 Å². The number of amides is 1. The van der Waals surface area contributed by atoms with Crippen LogP contribution in [0.3, 0.4) is 0 Å². The Morgan fingerprint density at radius 1 is 1.44 bits per heavy atom. The zero-order valence-electron chi connectivity index (χ0n) is 10.5. The molecule has 0 spiro atoms. The van der Waals surface area contributed by atoms with Gasteiger partial charge in [-0.25, -0.2) is 4.98 Å². The van der Waals surface area contributed by atoms with E-state index in [2.05, 4.69) is 18.8 Å². The number of aromatic nitrogens is 1. The first-order valence-corrected chi connectivity index (χ1v) is 6.85. The van der Waals surface area contributed by atoms with Crippen molar-refractivity contribution in [3.8, 4) is 6.07 Å². The lowest BCUT2D eigenvalue weighted by Crippen LogP contribution is -2.44. The highest BCUT2D eigenvalue weighted by atomic mass is 32.2. The van der Waals surface area contributed by atoms with E-state index >= 15 is 0 Å². The van der Waals surface area contributed by atoms with Crippen molar-refractivity contribution in [1.29, 1.82) is 5.26 Å². The minimum Gasteiger partial charge on any atom is -0.335 e. The highest BCUT2D eigenvalue weighted by Crippen LogP contribution is 2.25. The van der Waals surface area contributed by atoms with Gasteiger partial charge in [0.25, 0.3) is 5.91 Å². The maximum Gasteiger partial charge on any atom is 0.272 e. The van der Waals surface area contributed by atoms with Crippen molar-refractivity contribution < 1.29 is 4.79 Å². The standard InChI is InChI=1S/C13H15N3OS/c1-9-7-16(8-10(2)18-9)13(17)12-4-3-11(5-14)6-15-12/h3-4,6,9-10H,7-8H2,1-2H3. The zero-order valence-corrected chi connectivity index (χ0v) is 11.3. The molecule has 2 rings (SSSR count). The van der Waals surface area contributed by atoms with E-state index in [1.807, 2.05) is 22.7 Å². The molecule has 4 nitrogen and oxygen atoms in total. The second-order valence-electron chi connectivity index (χ2n) is 4.51. The van der Waals surface area contributed by atoms with Crippen molar-refractivity contribution in [3.05, 3.63) is 29.6 Å². The van der Waals surface area contributed by atoms with Gasteiger partial charge in [-0.05, 0) is 12.1 Å². The second kappa shape index (κ2) is 5.40. The third-order valence-corrected chi connectivity index (χ3v) is 4.05. The number of carbonyl (C=O) groups excluding carboxylic acids is 1. The molecule has 5 heteroatoms. The predicted octanol–water partition coefficient (Wildman–Crippen LogP) is 1.92. The molecule has 1 aromatic heterocycles. The lowest BCUT2D eigenvalue weighted by Gasteiger charge is -2.34. The monoisotopic (exact) mass is 261 g/mol. The molecule has 1 amide bonds. The number of carbonyl (C=O) groups is 1. The Balaban J connectivity index is 2.12. The largest absolute Gasteiger partial charge is 0.335 e. The van der Waals surface area contributed by atoms with Crippen LogP contribution < -0.4 is 0 Å². The summed E-state index contributed by atoms with van der Waals surface area (Å²) in [6, 6.07) is 5.25. The quantitative estimate of drug-likeness (QED) is 0.775. The second-order valence-corrected chi connectivity index (χ2v) is 6.39. The van der Waals surface area contributed by atoms with E-state index in [0.29, 0.717) is 21.8 Å². The molecule has 0 aromatic carbocycles. The van der Waals surface area contributed by atoms with E-state index in [9.17, 15) is 4.79 Å². The van der Waals surface area contributed by atoms with Gasteiger partial charge in [0, 0.05) is 29.8 Å². The summed E-state index contributed by atoms with van der Waals surface area (Å²) in [5.41, 5.74) is 0.891. The molecular weight excluding hydrogens is 246 g/mol. The summed E-state index contributed by atoms with van der Waals surface area (Å²) in [4.78, 5) is 18.2. The van der Waals surface area contributed by atoms with Crippen LogP contribution in [0.25, 0.3) is 0 Å². The lowest BCUT2D eigenvalue weighted by atomic mass is 10.2. The lowest BCUT2D eigenvalue weighted by molar-refractivity contribution is 0.0747. The average molecular weight is 261 g/mol. The van der Waals surface area contributed by atoms with Gasteiger partial charge in [-0.15, -0.1) is 0 Å². The molecule has 0 aliphatic carbocycles. The van der Waals surface area contributed by atoms with Gasteiger partial charge >= 0.3 is 0 Å². The van der Waals surface area contributed by atoms with E-state index < -0.39 is 0 Å². The summed E-state index contributed by atoms with van der Waals surface area (Å²) in [6.07, 6.45) is 1.44. The topological polar surface area (TPSA) is 57.0 Å². The molecular formula is C13H15N3OS. The maximum absolute atomic E-state index is 12.3. The van der Waals surface area contributed by atoms with Crippen LogP contribution in [0.4, 0.5) is 0 Å². The van der Waals surface area contributed by atoms with E-state index in [0.717, 1.165) is 13.1 Å². The van der Waals surface area contributed by atoms with Crippen molar-refractivity contribution in [2.75, 3.05) is 13.1 Å². The van der Waals surface area contributed by atoms with Gasteiger partial charge < -0.3 is 4.90 Å². The fourth-order valence-electron chi connectivity index (χ4n) is 2.09. The third kappa shape index (κ3) is 2.82. The number of thioether (sulfide) groups is 1. The van der Waals surface area contributed by atoms with Gasteiger partial charge in [-0.2, -0.15) is 17.0 Å². The van der Waals surface area contributed by atoms with Crippen LogP contribution in [0.5, 0.6) is 0 Å². The summed E-state index contributed by atoms with van der Waals surface area (Å²) in [6.45, 7) is 5.78. The number of rotatable bonds is 1. The summed E-state index contributed by atoms with van der Waals surface area (Å²) >= 11 is 1.91. The first-order chi connectivity index (χ1) is 8.60. The third-order valence-electron chi connectivity index (χ3n) is 2.82. The molecule has 2 atom stereocenters. The molecule has 94 valence electrons. The first-order valence-electron chi connectivity index (χ1n) is 5.91. The van der Waals surface area contributed by atoms with E-state index in [1.165, 1.54) is 6.20 Å². The zero-order chi connectivity index (χ0) is 13.1. The molecule has 0 saturated carbocycles. The Kier molecular flexibility index (Phi) is 3.87. The minimum atomic E-state index is -0.0431. The van der Waals surface area contributed by atoms with Crippen LogP contribution in [0.1, 0.15) is 29.9 Å². The number of pyridine rings is 1. The summed E-state index contributed by atoms with van der Waals surface area (Å²) in [5, 5.41) is 9.61. The Labute approximate surface area is 111 Å². The summed E-state index contributed by atoms with van der Waals surface area (Å²) in [7, 11) is 0. The number of hydrogen-bond acceptors (Lipinski definition) is 4. The fraction of sp³-hybridized carbons (Fsp3) is 0.462. The summed E-state index contributed by atoms with van der Waals surface area (Å²) in [5.74, 6) is -0.0431. The molecule has 2 heterocycles. The molecule has 1 aliphatic rings. The highest BCUT2D eigenvalue weighted by molar-refractivity contribution is 8.00. The minimum absolute atomic E-state index is 0.0431. The van der Waals surface area contributed by atoms with Gasteiger partial charge in [0.1, 0.15) is 11.8 Å². The fourth-order valence-corrected chi connectivity index (χ4v) is 3.42. The molecule has 1 aromatic rings. The van der Waals surface area contributed by atoms with E-state index in [4.69, 9.17) is 5.26 Å². The van der Waals surface area contributed by atoms with Crippen molar-refractivity contribution in [2.24, 2.45) is 0 Å². The van der Waals surface area contributed by atoms with Crippen LogP contribution in [-0.2, 0) is 0 Å². The Bertz CT molecular complexity index is 470. The smallest absolute Gasteiger partial charge is 0.272 e. The molecule has 18 heavy (non-hydrogen) atoms. The van der Waals surface area contributed by atoms with E-state index in [-0.39, 0.29) is 5.91 Å². The first kappa shape index (κ1) is 12.9. The van der Waals surface area contributed by atoms with Crippen molar-refractivity contribution in [1.82, 2.24) is 9.88 Å². The Morgan fingerprint density at radius 3 is 2.61 bits per heavy atom. The van der Waals surface area contributed by atoms with Gasteiger partial charge in [0.2, 0.25) is 0 Å². The Morgan fingerprint density at radius 2 is 2.11 bits per heavy atom. The number of hydrogen-bond donors (Lipinski definition) is 0. The maximum atomic E-state index is 12.3. The number of nitriles is 1. The van der Waals surface area contributed by atoms with Crippen molar-refractivity contribution >= 4 is 17.7 Å². The molecule has 0 radical (unpaired) electrons. The van der Waals surface area contributed by atoms with Crippen LogP contribution in [0.2, 0.25) is 0 Å². The van der Waals surface area contributed by atoms with Crippen LogP contribution >= 0.6 is 11.8 Å². The molecule has 0 bridgehead atoms. The van der Waals surface area contributed by atoms with Crippen LogP contribution in [0.15, 0.2) is 18.3 Å². The molecule has 1 saturated heterocycles. The summed E-state index contributed by atoms with van der Waals surface area (Å²) < 4.78 is 0. The van der Waals surface area contributed by atoms with Crippen LogP contribution in [0, 0.1) is 11.3 Å². The van der Waals surface area contributed by atoms with Gasteiger partial charge in [0.15, 0.2) is 0 Å². The predicted molar refractivity (Wildman–Crippen MR) is 71.4 cm³/mol. The Hall–Kier alpha value is -1.54. The molecule has 1 aliphatic heterocycles. The SMILES string of the molecule is CC1CN(C(=O)c2ccc(C#N)cn2)CC(C)S1. The van der Waals surface area contributed by atoms with Gasteiger partial charge in [-0.3, -0.25) is 4.79 Å². The highest BCUT2D eigenvalue weighted by Gasteiger charge is 2.26.